The first-order chi connectivity index (χ1) is 17.6. The summed E-state index contributed by atoms with van der Waals surface area (Å²) < 4.78 is 21.5. The van der Waals surface area contributed by atoms with Gasteiger partial charge in [-0.05, 0) is 84.7 Å². The van der Waals surface area contributed by atoms with Gasteiger partial charge in [0.05, 0.1) is 16.4 Å². The second-order valence-corrected chi connectivity index (χ2v) is 11.1. The van der Waals surface area contributed by atoms with E-state index >= 15 is 0 Å². The maximum Gasteiger partial charge on any atom is 0.338 e. The number of ether oxygens (including phenoxy) is 4. The van der Waals surface area contributed by atoms with E-state index < -0.39 is 46.9 Å². The Hall–Kier alpha value is -3.43. The van der Waals surface area contributed by atoms with Crippen molar-refractivity contribution >= 4 is 36.3 Å². The van der Waals surface area contributed by atoms with Crippen molar-refractivity contribution < 1.29 is 38.1 Å². The van der Waals surface area contributed by atoms with Crippen LogP contribution >= 0.6 is 12.4 Å². The quantitative estimate of drug-likeness (QED) is 0.341. The molecule has 0 heterocycles. The van der Waals surface area contributed by atoms with Crippen LogP contribution in [0.2, 0.25) is 0 Å². The average molecular weight is 564 g/mol. The van der Waals surface area contributed by atoms with Crippen molar-refractivity contribution in [3.8, 4) is 11.5 Å². The summed E-state index contributed by atoms with van der Waals surface area (Å²) in [7, 11) is 0. The molecular weight excluding hydrogens is 526 g/mol. The average Bonchev–Trinajstić information content (AvgIpc) is 2.83. The lowest BCUT2D eigenvalue weighted by Gasteiger charge is -2.21. The summed E-state index contributed by atoms with van der Waals surface area (Å²) in [5, 5.41) is 0. The Morgan fingerprint density at radius 2 is 1.36 bits per heavy atom. The van der Waals surface area contributed by atoms with Crippen LogP contribution in [0.1, 0.15) is 64.4 Å². The highest BCUT2D eigenvalue weighted by molar-refractivity contribution is 5.89. The molecule has 214 valence electrons. The summed E-state index contributed by atoms with van der Waals surface area (Å²) in [5.74, 6) is -2.11. The molecular formula is C29H38ClNO8. The van der Waals surface area contributed by atoms with Crippen LogP contribution in [-0.2, 0) is 30.3 Å². The Kier molecular flexibility index (Phi) is 12.1. The molecule has 2 aromatic carbocycles. The molecule has 0 radical (unpaired) electrons. The van der Waals surface area contributed by atoms with E-state index in [1.807, 2.05) is 0 Å². The van der Waals surface area contributed by atoms with Crippen molar-refractivity contribution in [2.24, 2.45) is 16.6 Å². The van der Waals surface area contributed by atoms with Crippen LogP contribution < -0.4 is 15.2 Å². The highest BCUT2D eigenvalue weighted by atomic mass is 35.5. The van der Waals surface area contributed by atoms with Gasteiger partial charge in [-0.25, -0.2) is 4.79 Å². The number of carbonyl (C=O) groups is 4. The predicted octanol–water partition coefficient (Wildman–Crippen LogP) is 4.67. The van der Waals surface area contributed by atoms with Gasteiger partial charge in [0.1, 0.15) is 18.8 Å². The lowest BCUT2D eigenvalue weighted by Crippen LogP contribution is -2.37. The van der Waals surface area contributed by atoms with Gasteiger partial charge in [-0.1, -0.05) is 24.3 Å². The summed E-state index contributed by atoms with van der Waals surface area (Å²) in [5.41, 5.74) is 5.44. The fourth-order valence-corrected chi connectivity index (χ4v) is 2.86. The minimum Gasteiger partial charge on any atom is -0.458 e. The zero-order valence-electron chi connectivity index (χ0n) is 23.4. The van der Waals surface area contributed by atoms with Crippen LogP contribution in [0.4, 0.5) is 0 Å². The Labute approximate surface area is 235 Å². The van der Waals surface area contributed by atoms with Gasteiger partial charge in [-0.15, -0.1) is 12.4 Å². The number of benzene rings is 2. The van der Waals surface area contributed by atoms with Crippen molar-refractivity contribution in [3.05, 3.63) is 59.7 Å². The summed E-state index contributed by atoms with van der Waals surface area (Å²) in [6.07, 6.45) is -0.660. The van der Waals surface area contributed by atoms with E-state index in [-0.39, 0.29) is 36.9 Å². The van der Waals surface area contributed by atoms with E-state index in [9.17, 15) is 19.2 Å². The Bertz CT molecular complexity index is 1150. The first-order valence-electron chi connectivity index (χ1n) is 12.3. The molecule has 10 heteroatoms. The standard InChI is InChI=1S/C29H37NO8.ClH/c1-18(17-35-24(31)20-11-9-8-10-12-20)36-25(32)21(30)15-19-13-14-22(37-26(33)28(2,3)4)23(16-19)38-27(34)29(5,6)7;/h8-14,16,18,21H,15,17,30H2,1-7H3;1H/t18-,21+;/m1./s1. The zero-order valence-corrected chi connectivity index (χ0v) is 24.3. The molecule has 9 nitrogen and oxygen atoms in total. The van der Waals surface area contributed by atoms with E-state index in [0.717, 1.165) is 0 Å². The molecule has 0 amide bonds. The molecule has 0 saturated carbocycles. The Morgan fingerprint density at radius 1 is 0.821 bits per heavy atom. The minimum absolute atomic E-state index is 0. The van der Waals surface area contributed by atoms with E-state index in [1.54, 1.807) is 84.9 Å². The van der Waals surface area contributed by atoms with Crippen molar-refractivity contribution in [1.29, 1.82) is 0 Å². The van der Waals surface area contributed by atoms with Crippen LogP contribution in [0.25, 0.3) is 0 Å². The number of carbonyl (C=O) groups excluding carboxylic acids is 4. The number of rotatable bonds is 9. The third-order valence-corrected chi connectivity index (χ3v) is 5.17. The molecule has 2 aromatic rings. The van der Waals surface area contributed by atoms with Crippen LogP contribution in [0.15, 0.2) is 48.5 Å². The number of esters is 4. The summed E-state index contributed by atoms with van der Waals surface area (Å²) in [4.78, 5) is 49.6. The van der Waals surface area contributed by atoms with Gasteiger partial charge in [0, 0.05) is 0 Å². The first-order valence-corrected chi connectivity index (χ1v) is 12.3. The van der Waals surface area contributed by atoms with Gasteiger partial charge in [0.25, 0.3) is 0 Å². The Balaban J connectivity index is 0.00000760. The molecule has 0 bridgehead atoms. The summed E-state index contributed by atoms with van der Waals surface area (Å²) >= 11 is 0. The molecule has 0 fully saturated rings. The van der Waals surface area contributed by atoms with Crippen LogP contribution in [0, 0.1) is 10.8 Å². The van der Waals surface area contributed by atoms with Crippen molar-refractivity contribution in [3.63, 3.8) is 0 Å². The number of hydrogen-bond acceptors (Lipinski definition) is 9. The van der Waals surface area contributed by atoms with Gasteiger partial charge in [-0.2, -0.15) is 0 Å². The van der Waals surface area contributed by atoms with Gasteiger partial charge in [-0.3, -0.25) is 14.4 Å². The maximum atomic E-state index is 12.5. The molecule has 0 unspecified atom stereocenters. The third kappa shape index (κ3) is 10.7. The van der Waals surface area contributed by atoms with Crippen LogP contribution in [0.5, 0.6) is 11.5 Å². The molecule has 0 aliphatic rings. The number of nitrogens with two attached hydrogens (primary N) is 1. The number of hydrogen-bond donors (Lipinski definition) is 1. The molecule has 0 aliphatic heterocycles. The molecule has 0 spiro atoms. The zero-order chi connectivity index (χ0) is 28.7. The minimum atomic E-state index is -1.04. The lowest BCUT2D eigenvalue weighted by atomic mass is 9.97. The predicted molar refractivity (Wildman–Crippen MR) is 148 cm³/mol. The molecule has 0 aliphatic carbocycles. The fraction of sp³-hybridized carbons (Fsp3) is 0.448. The van der Waals surface area contributed by atoms with Gasteiger partial charge in [0.15, 0.2) is 11.5 Å². The highest BCUT2D eigenvalue weighted by Gasteiger charge is 2.29. The van der Waals surface area contributed by atoms with Gasteiger partial charge < -0.3 is 24.7 Å². The third-order valence-electron chi connectivity index (χ3n) is 5.17. The molecule has 0 aromatic heterocycles. The van der Waals surface area contributed by atoms with E-state index in [4.69, 9.17) is 24.7 Å². The van der Waals surface area contributed by atoms with Crippen LogP contribution in [-0.4, -0.2) is 42.6 Å². The summed E-state index contributed by atoms with van der Waals surface area (Å²) in [6.45, 7) is 11.7. The maximum absolute atomic E-state index is 12.5. The second kappa shape index (κ2) is 14.1. The SMILES string of the molecule is C[C@H](COC(=O)c1ccccc1)OC(=O)[C@@H](N)Cc1ccc(OC(=O)C(C)(C)C)c(OC(=O)C(C)(C)C)c1.Cl. The first kappa shape index (κ1) is 33.6. The smallest absolute Gasteiger partial charge is 0.338 e. The monoisotopic (exact) mass is 563 g/mol. The molecule has 39 heavy (non-hydrogen) atoms. The van der Waals surface area contributed by atoms with Crippen molar-refractivity contribution in [2.45, 2.75) is 67.0 Å². The van der Waals surface area contributed by atoms with E-state index in [2.05, 4.69) is 0 Å². The summed E-state index contributed by atoms with van der Waals surface area (Å²) in [6, 6.07) is 12.0. The Morgan fingerprint density at radius 3 is 1.90 bits per heavy atom. The highest BCUT2D eigenvalue weighted by Crippen LogP contribution is 2.33. The van der Waals surface area contributed by atoms with E-state index in [0.29, 0.717) is 11.1 Å². The van der Waals surface area contributed by atoms with Gasteiger partial charge in [0.2, 0.25) is 0 Å². The van der Waals surface area contributed by atoms with E-state index in [1.165, 1.54) is 12.1 Å². The molecule has 0 saturated heterocycles. The topological polar surface area (TPSA) is 131 Å². The molecule has 2 rings (SSSR count). The molecule has 2 atom stereocenters. The largest absolute Gasteiger partial charge is 0.458 e. The number of halogens is 1. The van der Waals surface area contributed by atoms with Crippen LogP contribution in [0.3, 0.4) is 0 Å². The van der Waals surface area contributed by atoms with Crippen molar-refractivity contribution in [2.75, 3.05) is 6.61 Å². The normalized spacial score (nSPS) is 12.8. The fourth-order valence-electron chi connectivity index (χ4n) is 2.86. The molecule has 2 N–H and O–H groups in total. The van der Waals surface area contributed by atoms with Crippen molar-refractivity contribution in [1.82, 2.24) is 0 Å². The second-order valence-electron chi connectivity index (χ2n) is 11.1. The van der Waals surface area contributed by atoms with Gasteiger partial charge >= 0.3 is 23.9 Å². The lowest BCUT2D eigenvalue weighted by molar-refractivity contribution is -0.151.